The summed E-state index contributed by atoms with van der Waals surface area (Å²) in [6.07, 6.45) is 2.91. The van der Waals surface area contributed by atoms with E-state index < -0.39 is 11.7 Å². The second kappa shape index (κ2) is 6.62. The molecular weight excluding hydrogens is 438 g/mol. The second-order valence-corrected chi connectivity index (χ2v) is 6.08. The fourth-order valence-electron chi connectivity index (χ4n) is 1.87. The molecule has 0 bridgehead atoms. The first kappa shape index (κ1) is 15.9. The van der Waals surface area contributed by atoms with Gasteiger partial charge in [0.05, 0.1) is 16.3 Å². The molecule has 0 radical (unpaired) electrons. The van der Waals surface area contributed by atoms with Crippen molar-refractivity contribution in [1.82, 2.24) is 25.0 Å². The zero-order valence-electron chi connectivity index (χ0n) is 11.4. The summed E-state index contributed by atoms with van der Waals surface area (Å²) in [5.74, 6) is -0.730. The van der Waals surface area contributed by atoms with Crippen LogP contribution in [0, 0.1) is 9.39 Å². The normalized spacial score (nSPS) is 10.7. The molecule has 23 heavy (non-hydrogen) atoms. The molecule has 2 N–H and O–H groups in total. The highest BCUT2D eigenvalue weighted by atomic mass is 127. The van der Waals surface area contributed by atoms with Crippen LogP contribution in [0.25, 0.3) is 0 Å². The van der Waals surface area contributed by atoms with Gasteiger partial charge < -0.3 is 0 Å². The van der Waals surface area contributed by atoms with Crippen LogP contribution >= 0.6 is 34.2 Å². The molecule has 1 aromatic carbocycles. The first-order valence-corrected chi connectivity index (χ1v) is 7.83. The van der Waals surface area contributed by atoms with Gasteiger partial charge in [-0.1, -0.05) is 17.7 Å². The number of amides is 1. The number of benzene rings is 1. The van der Waals surface area contributed by atoms with E-state index in [-0.39, 0.29) is 12.5 Å². The average Bonchev–Trinajstić information content (AvgIpc) is 3.12. The molecule has 1 amide bonds. The maximum atomic E-state index is 13.8. The van der Waals surface area contributed by atoms with E-state index in [1.165, 1.54) is 29.3 Å². The lowest BCUT2D eigenvalue weighted by Crippen LogP contribution is -2.15. The van der Waals surface area contributed by atoms with Gasteiger partial charge in [-0.2, -0.15) is 5.10 Å². The van der Waals surface area contributed by atoms with E-state index in [2.05, 4.69) is 25.6 Å². The lowest BCUT2D eigenvalue weighted by Gasteiger charge is -2.05. The van der Waals surface area contributed by atoms with E-state index in [0.29, 0.717) is 19.9 Å². The lowest BCUT2D eigenvalue weighted by molar-refractivity contribution is 0.102. The molecule has 0 saturated heterocycles. The Morgan fingerprint density at radius 3 is 3.00 bits per heavy atom. The van der Waals surface area contributed by atoms with Gasteiger partial charge >= 0.3 is 0 Å². The highest BCUT2D eigenvalue weighted by molar-refractivity contribution is 14.1. The van der Waals surface area contributed by atoms with Gasteiger partial charge in [0, 0.05) is 10.6 Å². The first-order valence-electron chi connectivity index (χ1n) is 6.37. The number of rotatable bonds is 4. The SMILES string of the molecule is O=C(Nc1ncn(Cc2c(F)cccc2Cl)n1)c1[nH]ncc1I. The molecule has 0 aliphatic carbocycles. The number of hydrogen-bond acceptors (Lipinski definition) is 4. The van der Waals surface area contributed by atoms with Crippen LogP contribution < -0.4 is 5.32 Å². The molecule has 2 aromatic heterocycles. The van der Waals surface area contributed by atoms with Crippen LogP contribution in [0.5, 0.6) is 0 Å². The van der Waals surface area contributed by atoms with Crippen molar-refractivity contribution in [1.29, 1.82) is 0 Å². The summed E-state index contributed by atoms with van der Waals surface area (Å²) in [5, 5.41) is 13.3. The fraction of sp³-hybridized carbons (Fsp3) is 0.0769. The lowest BCUT2D eigenvalue weighted by atomic mass is 10.2. The molecule has 0 aliphatic heterocycles. The van der Waals surface area contributed by atoms with Crippen LogP contribution in [0.15, 0.2) is 30.7 Å². The smallest absolute Gasteiger partial charge is 0.277 e. The average molecular weight is 447 g/mol. The summed E-state index contributed by atoms with van der Waals surface area (Å²) in [4.78, 5) is 16.0. The Balaban J connectivity index is 1.74. The predicted octanol–water partition coefficient (Wildman–Crippen LogP) is 2.70. The van der Waals surface area contributed by atoms with Crippen LogP contribution in [-0.4, -0.2) is 30.9 Å². The van der Waals surface area contributed by atoms with Gasteiger partial charge in [-0.25, -0.2) is 14.1 Å². The van der Waals surface area contributed by atoms with Gasteiger partial charge in [0.2, 0.25) is 5.95 Å². The van der Waals surface area contributed by atoms with Crippen LogP contribution in [0.2, 0.25) is 5.02 Å². The van der Waals surface area contributed by atoms with Crippen molar-refractivity contribution in [3.05, 3.63) is 56.4 Å². The van der Waals surface area contributed by atoms with Crippen molar-refractivity contribution < 1.29 is 9.18 Å². The molecule has 118 valence electrons. The van der Waals surface area contributed by atoms with Crippen LogP contribution in [0.4, 0.5) is 10.3 Å². The summed E-state index contributed by atoms with van der Waals surface area (Å²) in [7, 11) is 0. The van der Waals surface area contributed by atoms with E-state index >= 15 is 0 Å². The molecular formula is C13H9ClFIN6O. The monoisotopic (exact) mass is 446 g/mol. The van der Waals surface area contributed by atoms with Crippen LogP contribution in [0.3, 0.4) is 0 Å². The maximum Gasteiger partial charge on any atom is 0.277 e. The zero-order valence-corrected chi connectivity index (χ0v) is 14.3. The molecule has 0 saturated carbocycles. The zero-order chi connectivity index (χ0) is 16.4. The number of anilines is 1. The fourth-order valence-corrected chi connectivity index (χ4v) is 2.60. The van der Waals surface area contributed by atoms with Gasteiger partial charge in [-0.05, 0) is 34.7 Å². The third-order valence-corrected chi connectivity index (χ3v) is 4.14. The molecule has 0 atom stereocenters. The van der Waals surface area contributed by atoms with E-state index in [1.54, 1.807) is 6.07 Å². The Morgan fingerprint density at radius 2 is 2.30 bits per heavy atom. The van der Waals surface area contributed by atoms with Gasteiger partial charge in [0.25, 0.3) is 5.91 Å². The number of halogens is 3. The van der Waals surface area contributed by atoms with Crippen LogP contribution in [-0.2, 0) is 6.54 Å². The molecule has 7 nitrogen and oxygen atoms in total. The van der Waals surface area contributed by atoms with Crippen molar-refractivity contribution in [2.45, 2.75) is 6.54 Å². The Morgan fingerprint density at radius 1 is 1.48 bits per heavy atom. The molecule has 3 rings (SSSR count). The van der Waals surface area contributed by atoms with Gasteiger partial charge in [0.15, 0.2) is 0 Å². The standard InChI is InChI=1S/C13H9ClFIN6O/c14-8-2-1-3-9(15)7(8)5-22-6-17-13(21-22)19-12(23)11-10(16)4-18-20-11/h1-4,6H,5H2,(H,18,20)(H,19,21,23). The number of H-pyrrole nitrogens is 1. The number of aromatic nitrogens is 5. The van der Waals surface area contributed by atoms with Crippen molar-refractivity contribution in [2.75, 3.05) is 5.32 Å². The first-order chi connectivity index (χ1) is 11.0. The third-order valence-electron chi connectivity index (χ3n) is 2.96. The highest BCUT2D eigenvalue weighted by Crippen LogP contribution is 2.20. The second-order valence-electron chi connectivity index (χ2n) is 4.51. The van der Waals surface area contributed by atoms with E-state index in [0.717, 1.165) is 0 Å². The third kappa shape index (κ3) is 3.50. The van der Waals surface area contributed by atoms with Crippen molar-refractivity contribution in [3.63, 3.8) is 0 Å². The molecule has 3 aromatic rings. The number of nitrogens with zero attached hydrogens (tertiary/aromatic N) is 4. The number of carbonyl (C=O) groups excluding carboxylic acids is 1. The van der Waals surface area contributed by atoms with E-state index in [1.807, 2.05) is 22.6 Å². The topological polar surface area (TPSA) is 88.5 Å². The summed E-state index contributed by atoms with van der Waals surface area (Å²) >= 11 is 7.96. The highest BCUT2D eigenvalue weighted by Gasteiger charge is 2.15. The minimum atomic E-state index is -0.425. The van der Waals surface area contributed by atoms with Crippen molar-refractivity contribution >= 4 is 46.0 Å². The maximum absolute atomic E-state index is 13.8. The molecule has 2 heterocycles. The number of hydrogen-bond donors (Lipinski definition) is 2. The number of carbonyl (C=O) groups is 1. The quantitative estimate of drug-likeness (QED) is 0.603. The molecule has 0 fully saturated rings. The summed E-state index contributed by atoms with van der Waals surface area (Å²) in [5.41, 5.74) is 0.624. The minimum Gasteiger partial charge on any atom is -0.288 e. The van der Waals surface area contributed by atoms with E-state index in [9.17, 15) is 9.18 Å². The largest absolute Gasteiger partial charge is 0.288 e. The predicted molar refractivity (Wildman–Crippen MR) is 89.8 cm³/mol. The summed E-state index contributed by atoms with van der Waals surface area (Å²) in [6.45, 7) is 0.107. The van der Waals surface area contributed by atoms with Crippen LogP contribution in [0.1, 0.15) is 16.1 Å². The Kier molecular flexibility index (Phi) is 4.57. The Labute approximate surface area is 148 Å². The molecule has 0 unspecified atom stereocenters. The Hall–Kier alpha value is -2.01. The van der Waals surface area contributed by atoms with E-state index in [4.69, 9.17) is 11.6 Å². The van der Waals surface area contributed by atoms with Crippen molar-refractivity contribution in [2.24, 2.45) is 0 Å². The van der Waals surface area contributed by atoms with Gasteiger partial charge in [0.1, 0.15) is 17.8 Å². The van der Waals surface area contributed by atoms with Gasteiger partial charge in [-0.15, -0.1) is 5.10 Å². The minimum absolute atomic E-state index is 0.105. The number of aromatic amines is 1. The molecule has 10 heteroatoms. The Bertz CT molecular complexity index is 844. The van der Waals surface area contributed by atoms with Gasteiger partial charge in [-0.3, -0.25) is 15.2 Å². The summed E-state index contributed by atoms with van der Waals surface area (Å²) < 4.78 is 15.8. The van der Waals surface area contributed by atoms with Crippen molar-refractivity contribution in [3.8, 4) is 0 Å². The molecule has 0 aliphatic rings. The summed E-state index contributed by atoms with van der Waals surface area (Å²) in [6, 6.07) is 4.45. The number of nitrogens with one attached hydrogen (secondary N) is 2. The molecule has 0 spiro atoms.